The predicted octanol–water partition coefficient (Wildman–Crippen LogP) is 3.32. The Bertz CT molecular complexity index is 1060. The van der Waals surface area contributed by atoms with E-state index in [2.05, 4.69) is 46.5 Å². The van der Waals surface area contributed by atoms with Crippen LogP contribution in [0.2, 0.25) is 0 Å². The topological polar surface area (TPSA) is 91.0 Å². The third kappa shape index (κ3) is 4.56. The molecule has 32 heavy (non-hydrogen) atoms. The average Bonchev–Trinajstić information content (AvgIpc) is 3.49. The van der Waals surface area contributed by atoms with Gasteiger partial charge in [0, 0.05) is 38.2 Å². The van der Waals surface area contributed by atoms with Gasteiger partial charge in [-0.3, -0.25) is 19.7 Å². The Labute approximate surface area is 188 Å². The van der Waals surface area contributed by atoms with Gasteiger partial charge in [-0.25, -0.2) is 0 Å². The van der Waals surface area contributed by atoms with Crippen LogP contribution in [0.3, 0.4) is 0 Å². The number of amides is 2. The monoisotopic (exact) mass is 431 g/mol. The van der Waals surface area contributed by atoms with Crippen LogP contribution in [0.15, 0.2) is 61.1 Å². The van der Waals surface area contributed by atoms with Crippen molar-refractivity contribution < 1.29 is 9.59 Å². The van der Waals surface area contributed by atoms with Crippen molar-refractivity contribution in [2.45, 2.75) is 26.7 Å². The van der Waals surface area contributed by atoms with Crippen molar-refractivity contribution >= 4 is 11.8 Å². The number of H-pyrrole nitrogens is 1. The lowest BCUT2D eigenvalue weighted by molar-refractivity contribution is -0.130. The molecule has 3 heterocycles. The van der Waals surface area contributed by atoms with E-state index in [0.717, 1.165) is 16.7 Å². The quantitative estimate of drug-likeness (QED) is 0.600. The molecule has 166 valence electrons. The van der Waals surface area contributed by atoms with Gasteiger partial charge in [0.15, 0.2) is 0 Å². The Morgan fingerprint density at radius 2 is 1.91 bits per heavy atom. The van der Waals surface area contributed by atoms with Gasteiger partial charge in [-0.2, -0.15) is 5.10 Å². The van der Waals surface area contributed by atoms with Crippen molar-refractivity contribution in [3.8, 4) is 11.1 Å². The number of hydrogen-bond donors (Lipinski definition) is 2. The molecule has 0 aliphatic carbocycles. The van der Waals surface area contributed by atoms with Crippen molar-refractivity contribution in [2.24, 2.45) is 11.3 Å². The molecule has 1 saturated heterocycles. The van der Waals surface area contributed by atoms with E-state index in [1.54, 1.807) is 29.6 Å². The molecule has 2 amide bonds. The van der Waals surface area contributed by atoms with Gasteiger partial charge in [0.1, 0.15) is 5.69 Å². The van der Waals surface area contributed by atoms with Gasteiger partial charge in [0.25, 0.3) is 5.91 Å². The van der Waals surface area contributed by atoms with Crippen LogP contribution in [-0.2, 0) is 11.2 Å². The lowest BCUT2D eigenvalue weighted by Gasteiger charge is -2.29. The Balaban J connectivity index is 1.64. The van der Waals surface area contributed by atoms with E-state index in [0.29, 0.717) is 44.1 Å². The predicted molar refractivity (Wildman–Crippen MR) is 123 cm³/mol. The van der Waals surface area contributed by atoms with E-state index in [4.69, 9.17) is 0 Å². The SMILES string of the molecule is CC(C)CNC(=O)[C@]1(Cc2ccccc2-c2ccncc2)CCN(C(=O)c2ccn[nH]2)C1. The van der Waals surface area contributed by atoms with E-state index in [1.807, 2.05) is 24.3 Å². The smallest absolute Gasteiger partial charge is 0.271 e. The summed E-state index contributed by atoms with van der Waals surface area (Å²) in [6, 6.07) is 13.8. The van der Waals surface area contributed by atoms with Gasteiger partial charge in [0.2, 0.25) is 5.91 Å². The van der Waals surface area contributed by atoms with Crippen molar-refractivity contribution in [1.29, 1.82) is 0 Å². The number of hydrogen-bond acceptors (Lipinski definition) is 4. The normalized spacial score (nSPS) is 18.2. The third-order valence-electron chi connectivity index (χ3n) is 6.06. The zero-order valence-corrected chi connectivity index (χ0v) is 18.5. The summed E-state index contributed by atoms with van der Waals surface area (Å²) < 4.78 is 0. The van der Waals surface area contributed by atoms with Crippen LogP contribution in [0.4, 0.5) is 0 Å². The summed E-state index contributed by atoms with van der Waals surface area (Å²) in [5, 5.41) is 9.77. The molecule has 0 spiro atoms. The first kappa shape index (κ1) is 21.7. The van der Waals surface area contributed by atoms with Crippen molar-refractivity contribution in [3.05, 3.63) is 72.3 Å². The first-order valence-corrected chi connectivity index (χ1v) is 11.0. The number of nitrogens with one attached hydrogen (secondary N) is 2. The Hall–Kier alpha value is -3.48. The van der Waals surface area contributed by atoms with Crippen molar-refractivity contribution in [1.82, 2.24) is 25.4 Å². The molecule has 7 heteroatoms. The lowest BCUT2D eigenvalue weighted by Crippen LogP contribution is -2.46. The number of benzene rings is 1. The van der Waals surface area contributed by atoms with E-state index in [9.17, 15) is 9.59 Å². The molecular formula is C25H29N5O2. The molecule has 1 fully saturated rings. The number of nitrogens with zero attached hydrogens (tertiary/aromatic N) is 3. The number of aromatic nitrogens is 3. The number of rotatable bonds is 7. The molecule has 1 aliphatic rings. The minimum absolute atomic E-state index is 0.00985. The second-order valence-corrected chi connectivity index (χ2v) is 8.90. The molecule has 0 radical (unpaired) electrons. The standard InChI is InChI=1S/C25H29N5O2/c1-18(2)16-27-24(32)25(10-14-30(17-25)23(31)22-9-13-28-29-22)15-20-5-3-4-6-21(20)19-7-11-26-12-8-19/h3-9,11-13,18H,10,14-17H2,1-2H3,(H,27,32)(H,28,29)/t25-/m0/s1. The minimum Gasteiger partial charge on any atom is -0.355 e. The van der Waals surface area contributed by atoms with Crippen LogP contribution < -0.4 is 5.32 Å². The number of likely N-dealkylation sites (tertiary alicyclic amines) is 1. The second kappa shape index (κ2) is 9.34. The largest absolute Gasteiger partial charge is 0.355 e. The Morgan fingerprint density at radius 3 is 2.62 bits per heavy atom. The van der Waals surface area contributed by atoms with E-state index < -0.39 is 5.41 Å². The molecule has 0 unspecified atom stereocenters. The van der Waals surface area contributed by atoms with E-state index in [-0.39, 0.29) is 11.8 Å². The molecular weight excluding hydrogens is 402 g/mol. The lowest BCUT2D eigenvalue weighted by atomic mass is 9.78. The van der Waals surface area contributed by atoms with Gasteiger partial charge >= 0.3 is 0 Å². The molecule has 0 bridgehead atoms. The summed E-state index contributed by atoms with van der Waals surface area (Å²) in [6.07, 6.45) is 6.29. The zero-order valence-electron chi connectivity index (χ0n) is 18.5. The number of carbonyl (C=O) groups excluding carboxylic acids is 2. The molecule has 1 aromatic carbocycles. The highest BCUT2D eigenvalue weighted by Crippen LogP contribution is 2.38. The molecule has 4 rings (SSSR count). The average molecular weight is 432 g/mol. The fourth-order valence-electron chi connectivity index (χ4n) is 4.34. The molecule has 2 aromatic heterocycles. The summed E-state index contributed by atoms with van der Waals surface area (Å²) in [5.41, 5.74) is 3.00. The zero-order chi connectivity index (χ0) is 22.6. The number of pyridine rings is 1. The van der Waals surface area contributed by atoms with Gasteiger partial charge in [-0.1, -0.05) is 38.1 Å². The van der Waals surface area contributed by atoms with Crippen LogP contribution in [0.25, 0.3) is 11.1 Å². The van der Waals surface area contributed by atoms with E-state index in [1.165, 1.54) is 0 Å². The number of aromatic amines is 1. The highest BCUT2D eigenvalue weighted by atomic mass is 16.2. The maximum atomic E-state index is 13.5. The maximum absolute atomic E-state index is 13.5. The summed E-state index contributed by atoms with van der Waals surface area (Å²) in [6.45, 7) is 5.67. The third-order valence-corrected chi connectivity index (χ3v) is 6.06. The number of carbonyl (C=O) groups is 2. The summed E-state index contributed by atoms with van der Waals surface area (Å²) in [5.74, 6) is 0.239. The fraction of sp³-hybridized carbons (Fsp3) is 0.360. The minimum atomic E-state index is -0.687. The molecule has 2 N–H and O–H groups in total. The van der Waals surface area contributed by atoms with Crippen LogP contribution in [0, 0.1) is 11.3 Å². The fourth-order valence-corrected chi connectivity index (χ4v) is 4.34. The highest BCUT2D eigenvalue weighted by molar-refractivity contribution is 5.93. The summed E-state index contributed by atoms with van der Waals surface area (Å²) in [4.78, 5) is 32.3. The Kier molecular flexibility index (Phi) is 6.35. The van der Waals surface area contributed by atoms with Gasteiger partial charge in [-0.05, 0) is 53.6 Å². The highest BCUT2D eigenvalue weighted by Gasteiger charge is 2.46. The first-order valence-electron chi connectivity index (χ1n) is 11.0. The first-order chi connectivity index (χ1) is 15.5. The van der Waals surface area contributed by atoms with Crippen LogP contribution >= 0.6 is 0 Å². The van der Waals surface area contributed by atoms with Crippen LogP contribution in [0.5, 0.6) is 0 Å². The van der Waals surface area contributed by atoms with Crippen molar-refractivity contribution in [3.63, 3.8) is 0 Å². The molecule has 7 nitrogen and oxygen atoms in total. The van der Waals surface area contributed by atoms with Gasteiger partial charge in [0.05, 0.1) is 5.41 Å². The Morgan fingerprint density at radius 1 is 1.12 bits per heavy atom. The van der Waals surface area contributed by atoms with Crippen LogP contribution in [-0.4, -0.2) is 51.5 Å². The van der Waals surface area contributed by atoms with Crippen molar-refractivity contribution in [2.75, 3.05) is 19.6 Å². The summed E-state index contributed by atoms with van der Waals surface area (Å²) in [7, 11) is 0. The van der Waals surface area contributed by atoms with Gasteiger partial charge in [-0.15, -0.1) is 0 Å². The second-order valence-electron chi connectivity index (χ2n) is 8.90. The maximum Gasteiger partial charge on any atom is 0.271 e. The molecule has 1 atom stereocenters. The molecule has 0 saturated carbocycles. The molecule has 1 aliphatic heterocycles. The van der Waals surface area contributed by atoms with Crippen LogP contribution in [0.1, 0.15) is 36.3 Å². The van der Waals surface area contributed by atoms with E-state index >= 15 is 0 Å². The summed E-state index contributed by atoms with van der Waals surface area (Å²) >= 11 is 0. The molecule has 3 aromatic rings. The van der Waals surface area contributed by atoms with Gasteiger partial charge < -0.3 is 10.2 Å².